The summed E-state index contributed by atoms with van der Waals surface area (Å²) in [7, 11) is 0. The van der Waals surface area contributed by atoms with Crippen molar-refractivity contribution < 1.29 is 9.90 Å². The molecule has 4 aromatic rings. The van der Waals surface area contributed by atoms with Crippen LogP contribution in [0.5, 0.6) is 0 Å². The molecule has 0 aliphatic carbocycles. The van der Waals surface area contributed by atoms with Crippen LogP contribution in [0, 0.1) is 0 Å². The molecule has 0 bridgehead atoms. The van der Waals surface area contributed by atoms with Crippen molar-refractivity contribution in [1.82, 2.24) is 34.0 Å². The number of aliphatic hydroxyl groups is 1. The minimum absolute atomic E-state index is 0.0817. The molecule has 1 aliphatic rings. The van der Waals surface area contributed by atoms with Crippen molar-refractivity contribution >= 4 is 33.9 Å². The summed E-state index contributed by atoms with van der Waals surface area (Å²) in [5, 5.41) is 11.1. The van der Waals surface area contributed by atoms with E-state index in [9.17, 15) is 9.90 Å². The molecular formula is C24H30N8O2. The predicted molar refractivity (Wildman–Crippen MR) is 129 cm³/mol. The molecule has 10 heteroatoms. The minimum Gasteiger partial charge on any atom is -0.388 e. The number of nitrogens with two attached hydrogens (primary N) is 1. The van der Waals surface area contributed by atoms with Gasteiger partial charge in [-0.2, -0.15) is 0 Å². The van der Waals surface area contributed by atoms with Crippen molar-refractivity contribution in [1.29, 1.82) is 0 Å². The van der Waals surface area contributed by atoms with Crippen molar-refractivity contribution in [2.24, 2.45) is 0 Å². The molecule has 4 heterocycles. The fourth-order valence-electron chi connectivity index (χ4n) is 4.96. The van der Waals surface area contributed by atoms with E-state index in [1.165, 1.54) is 6.33 Å². The van der Waals surface area contributed by atoms with Crippen molar-refractivity contribution in [3.05, 3.63) is 42.7 Å². The lowest BCUT2D eigenvalue weighted by Gasteiger charge is -2.43. The molecule has 2 atom stereocenters. The highest BCUT2D eigenvalue weighted by Crippen LogP contribution is 2.34. The number of carbonyl (C=O) groups excluding carboxylic acids is 1. The predicted octanol–water partition coefficient (Wildman–Crippen LogP) is 2.33. The van der Waals surface area contributed by atoms with E-state index >= 15 is 0 Å². The molecule has 3 aromatic heterocycles. The topological polar surface area (TPSA) is 128 Å². The minimum atomic E-state index is -1.00. The normalized spacial score (nSPS) is 20.9. The third kappa shape index (κ3) is 3.87. The zero-order valence-electron chi connectivity index (χ0n) is 19.6. The SMILES string of the molecule is CCn1c(CCCC(=O)N2CC[C@@](C)(O)[C@H](n3cnc4c(N)ncnc43)C2)nc2ccccc21. The number of imidazole rings is 2. The summed E-state index contributed by atoms with van der Waals surface area (Å²) in [6.07, 6.45) is 5.37. The highest BCUT2D eigenvalue weighted by molar-refractivity contribution is 5.81. The van der Waals surface area contributed by atoms with Gasteiger partial charge in [0.2, 0.25) is 5.91 Å². The Hall–Kier alpha value is -3.53. The van der Waals surface area contributed by atoms with E-state index in [2.05, 4.69) is 32.5 Å². The number of benzene rings is 1. The molecule has 178 valence electrons. The Bertz CT molecular complexity index is 1340. The lowest BCUT2D eigenvalue weighted by atomic mass is 9.88. The van der Waals surface area contributed by atoms with E-state index in [1.54, 1.807) is 13.3 Å². The van der Waals surface area contributed by atoms with Crippen LogP contribution < -0.4 is 5.73 Å². The number of amides is 1. The summed E-state index contributed by atoms with van der Waals surface area (Å²) in [6, 6.07) is 7.74. The molecule has 0 saturated carbocycles. The van der Waals surface area contributed by atoms with Gasteiger partial charge in [-0.05, 0) is 38.8 Å². The van der Waals surface area contributed by atoms with Gasteiger partial charge in [-0.15, -0.1) is 0 Å². The molecule has 1 aliphatic heterocycles. The van der Waals surface area contributed by atoms with Gasteiger partial charge in [0.05, 0.1) is 29.0 Å². The third-order valence-corrected chi connectivity index (χ3v) is 6.92. The monoisotopic (exact) mass is 462 g/mol. The number of piperidine rings is 1. The van der Waals surface area contributed by atoms with Crippen molar-refractivity contribution in [2.45, 2.75) is 57.7 Å². The average Bonchev–Trinajstić information content (AvgIpc) is 3.40. The molecule has 1 saturated heterocycles. The molecule has 0 radical (unpaired) electrons. The number of fused-ring (bicyclic) bond motifs is 2. The van der Waals surface area contributed by atoms with Gasteiger partial charge in [-0.3, -0.25) is 4.79 Å². The number of nitrogen functional groups attached to an aromatic ring is 1. The second-order valence-corrected chi connectivity index (χ2v) is 9.16. The number of aryl methyl sites for hydroxylation is 2. The first-order valence-electron chi connectivity index (χ1n) is 11.8. The van der Waals surface area contributed by atoms with Crippen LogP contribution in [0.4, 0.5) is 5.82 Å². The van der Waals surface area contributed by atoms with E-state index < -0.39 is 5.60 Å². The second kappa shape index (κ2) is 8.68. The first-order valence-corrected chi connectivity index (χ1v) is 11.8. The largest absolute Gasteiger partial charge is 0.388 e. The third-order valence-electron chi connectivity index (χ3n) is 6.92. The standard InChI is InChI=1S/C24H30N8O2/c1-3-31-17-8-5-4-7-16(17)29-19(31)9-6-10-20(33)30-12-11-24(2,34)18(13-30)32-15-28-21-22(25)26-14-27-23(21)32/h4-5,7-8,14-15,18,34H,3,6,9-13H2,1-2H3,(H2,25,26,27)/t18-,24-/m1/s1. The van der Waals surface area contributed by atoms with Gasteiger partial charge in [0, 0.05) is 32.5 Å². The van der Waals surface area contributed by atoms with Crippen LogP contribution in [0.1, 0.15) is 45.0 Å². The number of aromatic nitrogens is 6. The number of rotatable bonds is 6. The lowest BCUT2D eigenvalue weighted by Crippen LogP contribution is -2.52. The van der Waals surface area contributed by atoms with E-state index in [4.69, 9.17) is 10.7 Å². The molecule has 34 heavy (non-hydrogen) atoms. The van der Waals surface area contributed by atoms with E-state index in [-0.39, 0.29) is 11.9 Å². The van der Waals surface area contributed by atoms with Crippen LogP contribution in [0.15, 0.2) is 36.9 Å². The van der Waals surface area contributed by atoms with Crippen LogP contribution in [-0.2, 0) is 17.8 Å². The van der Waals surface area contributed by atoms with E-state index in [0.717, 1.165) is 36.2 Å². The molecule has 1 aromatic carbocycles. The highest BCUT2D eigenvalue weighted by atomic mass is 16.3. The molecule has 3 N–H and O–H groups in total. The first kappa shape index (κ1) is 22.3. The molecule has 5 rings (SSSR count). The zero-order valence-corrected chi connectivity index (χ0v) is 19.6. The number of hydrogen-bond acceptors (Lipinski definition) is 7. The van der Waals surface area contributed by atoms with E-state index in [0.29, 0.717) is 42.9 Å². The lowest BCUT2D eigenvalue weighted by molar-refractivity contribution is -0.138. The Morgan fingerprint density at radius 1 is 1.26 bits per heavy atom. The fraction of sp³-hybridized carbons (Fsp3) is 0.458. The summed E-state index contributed by atoms with van der Waals surface area (Å²) >= 11 is 0. The van der Waals surface area contributed by atoms with Gasteiger partial charge in [-0.1, -0.05) is 12.1 Å². The maximum atomic E-state index is 13.1. The molecule has 0 spiro atoms. The maximum Gasteiger partial charge on any atom is 0.222 e. The summed E-state index contributed by atoms with van der Waals surface area (Å²) in [5.41, 5.74) is 8.11. The van der Waals surface area contributed by atoms with Crippen LogP contribution in [0.3, 0.4) is 0 Å². The number of nitrogens with zero attached hydrogens (tertiary/aromatic N) is 7. The Morgan fingerprint density at radius 2 is 2.09 bits per heavy atom. The number of anilines is 1. The summed E-state index contributed by atoms with van der Waals surface area (Å²) in [6.45, 7) is 5.65. The van der Waals surface area contributed by atoms with Crippen LogP contribution in [0.2, 0.25) is 0 Å². The van der Waals surface area contributed by atoms with Gasteiger partial charge in [0.25, 0.3) is 0 Å². The van der Waals surface area contributed by atoms with Gasteiger partial charge >= 0.3 is 0 Å². The molecule has 10 nitrogen and oxygen atoms in total. The molecule has 1 amide bonds. The van der Waals surface area contributed by atoms with Crippen molar-refractivity contribution in [3.8, 4) is 0 Å². The summed E-state index contributed by atoms with van der Waals surface area (Å²) in [4.78, 5) is 32.3. The highest BCUT2D eigenvalue weighted by Gasteiger charge is 2.41. The maximum absolute atomic E-state index is 13.1. The quantitative estimate of drug-likeness (QED) is 0.450. The Balaban J connectivity index is 1.28. The smallest absolute Gasteiger partial charge is 0.222 e. The molecular weight excluding hydrogens is 432 g/mol. The van der Waals surface area contributed by atoms with Crippen molar-refractivity contribution in [3.63, 3.8) is 0 Å². The first-order chi connectivity index (χ1) is 16.4. The van der Waals surface area contributed by atoms with Gasteiger partial charge in [0.1, 0.15) is 17.7 Å². The second-order valence-electron chi connectivity index (χ2n) is 9.16. The number of hydrogen-bond donors (Lipinski definition) is 2. The van der Waals surface area contributed by atoms with Crippen molar-refractivity contribution in [2.75, 3.05) is 18.8 Å². The van der Waals surface area contributed by atoms with Crippen LogP contribution in [-0.4, -0.2) is 63.7 Å². The number of likely N-dealkylation sites (tertiary alicyclic amines) is 1. The number of para-hydroxylation sites is 2. The van der Waals surface area contributed by atoms with Gasteiger partial charge in [0.15, 0.2) is 11.5 Å². The average molecular weight is 463 g/mol. The van der Waals surface area contributed by atoms with Crippen LogP contribution >= 0.6 is 0 Å². The summed E-state index contributed by atoms with van der Waals surface area (Å²) < 4.78 is 4.03. The molecule has 1 fully saturated rings. The van der Waals surface area contributed by atoms with Crippen LogP contribution in [0.25, 0.3) is 22.2 Å². The Morgan fingerprint density at radius 3 is 2.91 bits per heavy atom. The zero-order chi connectivity index (χ0) is 23.9. The fourth-order valence-corrected chi connectivity index (χ4v) is 4.96. The Kier molecular flexibility index (Phi) is 5.68. The van der Waals surface area contributed by atoms with Gasteiger partial charge < -0.3 is 24.9 Å². The number of carbonyl (C=O) groups is 1. The molecule has 0 unspecified atom stereocenters. The Labute approximate surface area is 197 Å². The van der Waals surface area contributed by atoms with Gasteiger partial charge in [-0.25, -0.2) is 19.9 Å². The summed E-state index contributed by atoms with van der Waals surface area (Å²) in [5.74, 6) is 1.39. The van der Waals surface area contributed by atoms with E-state index in [1.807, 2.05) is 27.7 Å².